The summed E-state index contributed by atoms with van der Waals surface area (Å²) in [6.07, 6.45) is 10.2. The van der Waals surface area contributed by atoms with Crippen LogP contribution in [0.3, 0.4) is 0 Å². The lowest BCUT2D eigenvalue weighted by Crippen LogP contribution is -2.47. The van der Waals surface area contributed by atoms with Crippen molar-refractivity contribution in [2.45, 2.75) is 57.0 Å². The van der Waals surface area contributed by atoms with Crippen LogP contribution in [0.15, 0.2) is 73.1 Å². The Morgan fingerprint density at radius 3 is 2.16 bits per heavy atom. The fourth-order valence-electron chi connectivity index (χ4n) is 5.80. The molecule has 4 heteroatoms. The van der Waals surface area contributed by atoms with Crippen molar-refractivity contribution in [2.24, 2.45) is 17.6 Å². The van der Waals surface area contributed by atoms with E-state index in [4.69, 9.17) is 5.73 Å². The van der Waals surface area contributed by atoms with E-state index in [9.17, 15) is 4.79 Å². The second-order valence-corrected chi connectivity index (χ2v) is 9.42. The summed E-state index contributed by atoms with van der Waals surface area (Å²) >= 11 is 0. The Bertz CT molecular complexity index is 1010. The molecule has 3 aromatic rings. The molecule has 0 saturated heterocycles. The van der Waals surface area contributed by atoms with E-state index in [0.29, 0.717) is 6.04 Å². The second kappa shape index (κ2) is 7.99. The highest BCUT2D eigenvalue weighted by atomic mass is 16.1. The maximum Gasteiger partial charge on any atom is 0.253 e. The van der Waals surface area contributed by atoms with Gasteiger partial charge in [0.25, 0.3) is 5.82 Å². The minimum Gasteiger partial charge on any atom is -0.369 e. The van der Waals surface area contributed by atoms with Gasteiger partial charge < -0.3 is 5.73 Å². The van der Waals surface area contributed by atoms with Crippen molar-refractivity contribution < 1.29 is 9.36 Å². The van der Waals surface area contributed by atoms with Gasteiger partial charge in [0.15, 0.2) is 0 Å². The summed E-state index contributed by atoms with van der Waals surface area (Å²) in [6, 6.07) is 20.7. The molecule has 0 radical (unpaired) electrons. The number of hydrogen-bond acceptors (Lipinski definition) is 1. The smallest absolute Gasteiger partial charge is 0.253 e. The summed E-state index contributed by atoms with van der Waals surface area (Å²) in [5, 5.41) is 0. The predicted molar refractivity (Wildman–Crippen MR) is 121 cm³/mol. The Labute approximate surface area is 184 Å². The van der Waals surface area contributed by atoms with Crippen LogP contribution in [0, 0.1) is 18.8 Å². The highest BCUT2D eigenvalue weighted by Crippen LogP contribution is 2.50. The van der Waals surface area contributed by atoms with Crippen LogP contribution in [0.4, 0.5) is 0 Å². The topological polar surface area (TPSA) is 51.9 Å². The van der Waals surface area contributed by atoms with Gasteiger partial charge >= 0.3 is 0 Å². The van der Waals surface area contributed by atoms with Crippen LogP contribution in [0.1, 0.15) is 55.1 Å². The Kier molecular flexibility index (Phi) is 5.17. The van der Waals surface area contributed by atoms with E-state index in [1.54, 1.807) is 0 Å². The van der Waals surface area contributed by atoms with E-state index in [-0.39, 0.29) is 11.8 Å². The molecule has 0 spiro atoms. The molecule has 2 aromatic carbocycles. The standard InChI is InChI=1S/C27H31N3O/c1-20-29(19-21-12-13-21)16-17-30(20)25-15-14-24(18-25)27(26(28)31,22-8-4-2-5-9-22)23-10-6-3-7-11-23/h2-11,16-17,21,24-25H,12-15,18-19H2,1H3,(H-,28,31)/p+1/t24-,25+/m0/s1. The van der Waals surface area contributed by atoms with Crippen molar-refractivity contribution in [3.8, 4) is 0 Å². The number of carbonyl (C=O) groups is 1. The maximum atomic E-state index is 13.3. The van der Waals surface area contributed by atoms with Gasteiger partial charge in [0.2, 0.25) is 5.91 Å². The maximum absolute atomic E-state index is 13.3. The first-order valence-corrected chi connectivity index (χ1v) is 11.6. The molecule has 0 aliphatic heterocycles. The van der Waals surface area contributed by atoms with Crippen LogP contribution < -0.4 is 10.3 Å². The van der Waals surface area contributed by atoms with E-state index in [2.05, 4.69) is 52.7 Å². The second-order valence-electron chi connectivity index (χ2n) is 9.42. The van der Waals surface area contributed by atoms with Gasteiger partial charge in [-0.2, -0.15) is 0 Å². The number of primary amides is 1. The summed E-state index contributed by atoms with van der Waals surface area (Å²) in [5.74, 6) is 2.10. The fraction of sp³-hybridized carbons (Fsp3) is 0.407. The molecule has 5 rings (SSSR count). The van der Waals surface area contributed by atoms with Crippen LogP contribution in [-0.4, -0.2) is 10.5 Å². The van der Waals surface area contributed by atoms with Crippen molar-refractivity contribution in [1.29, 1.82) is 0 Å². The van der Waals surface area contributed by atoms with Crippen molar-refractivity contribution in [2.75, 3.05) is 0 Å². The number of amides is 1. The Morgan fingerprint density at radius 2 is 1.61 bits per heavy atom. The average Bonchev–Trinajstić information content (AvgIpc) is 3.36. The third-order valence-electron chi connectivity index (χ3n) is 7.61. The molecule has 2 atom stereocenters. The van der Waals surface area contributed by atoms with Gasteiger partial charge in [0, 0.05) is 6.92 Å². The molecule has 2 N–H and O–H groups in total. The Hall–Kier alpha value is -2.88. The summed E-state index contributed by atoms with van der Waals surface area (Å²) in [6.45, 7) is 3.36. The van der Waals surface area contributed by atoms with Crippen LogP contribution in [-0.2, 0) is 16.8 Å². The minimum absolute atomic E-state index is 0.165. The molecular formula is C27H32N3O+. The van der Waals surface area contributed by atoms with Crippen molar-refractivity contribution in [3.63, 3.8) is 0 Å². The minimum atomic E-state index is -0.803. The molecule has 0 unspecified atom stereocenters. The van der Waals surface area contributed by atoms with E-state index >= 15 is 0 Å². The molecule has 1 aromatic heterocycles. The number of nitrogens with zero attached hydrogens (tertiary/aromatic N) is 2. The Balaban J connectivity index is 1.51. The van der Waals surface area contributed by atoms with E-state index in [1.807, 2.05) is 36.4 Å². The van der Waals surface area contributed by atoms with Gasteiger partial charge in [-0.15, -0.1) is 0 Å². The van der Waals surface area contributed by atoms with Crippen molar-refractivity contribution in [1.82, 2.24) is 4.57 Å². The predicted octanol–water partition coefficient (Wildman–Crippen LogP) is 4.31. The van der Waals surface area contributed by atoms with E-state index in [1.165, 1.54) is 18.7 Å². The molecule has 2 saturated carbocycles. The van der Waals surface area contributed by atoms with Crippen molar-refractivity contribution >= 4 is 5.91 Å². The average molecular weight is 415 g/mol. The number of carbonyl (C=O) groups excluding carboxylic acids is 1. The number of hydrogen-bond donors (Lipinski definition) is 1. The largest absolute Gasteiger partial charge is 0.369 e. The molecule has 160 valence electrons. The van der Waals surface area contributed by atoms with Gasteiger partial charge in [-0.1, -0.05) is 60.7 Å². The van der Waals surface area contributed by atoms with Crippen LogP contribution in [0.5, 0.6) is 0 Å². The first kappa shape index (κ1) is 20.0. The summed E-state index contributed by atoms with van der Waals surface area (Å²) in [5.41, 5.74) is 7.46. The molecular weight excluding hydrogens is 382 g/mol. The third-order valence-corrected chi connectivity index (χ3v) is 7.61. The molecule has 1 amide bonds. The lowest BCUT2D eigenvalue weighted by atomic mass is 9.64. The van der Waals surface area contributed by atoms with Gasteiger partial charge in [-0.3, -0.25) is 4.79 Å². The molecule has 4 nitrogen and oxygen atoms in total. The quantitative estimate of drug-likeness (QED) is 0.576. The molecule has 2 aliphatic carbocycles. The van der Waals surface area contributed by atoms with Crippen LogP contribution >= 0.6 is 0 Å². The van der Waals surface area contributed by atoms with Gasteiger partial charge in [0.05, 0.1) is 6.54 Å². The number of nitrogens with two attached hydrogens (primary N) is 1. The van der Waals surface area contributed by atoms with Crippen molar-refractivity contribution in [3.05, 3.63) is 90.0 Å². The zero-order valence-corrected chi connectivity index (χ0v) is 18.3. The van der Waals surface area contributed by atoms with E-state index in [0.717, 1.165) is 42.9 Å². The third kappa shape index (κ3) is 3.48. The first-order chi connectivity index (χ1) is 15.1. The highest BCUT2D eigenvalue weighted by molar-refractivity contribution is 5.91. The number of aromatic nitrogens is 2. The van der Waals surface area contributed by atoms with Gasteiger partial charge in [0.1, 0.15) is 23.9 Å². The number of rotatable bonds is 7. The van der Waals surface area contributed by atoms with E-state index < -0.39 is 5.41 Å². The number of imidazole rings is 1. The number of benzene rings is 2. The SMILES string of the molecule is Cc1n([C@@H]2CC[C@H](C(C(N)=O)(c3ccccc3)c3ccccc3)C2)cc[n+]1CC1CC1. The summed E-state index contributed by atoms with van der Waals surface area (Å²) < 4.78 is 4.84. The molecule has 2 aliphatic rings. The molecule has 0 bridgehead atoms. The summed E-state index contributed by atoms with van der Waals surface area (Å²) in [7, 11) is 0. The molecule has 31 heavy (non-hydrogen) atoms. The highest BCUT2D eigenvalue weighted by Gasteiger charge is 2.51. The van der Waals surface area contributed by atoms with Gasteiger partial charge in [-0.25, -0.2) is 9.13 Å². The monoisotopic (exact) mass is 414 g/mol. The van der Waals surface area contributed by atoms with Gasteiger partial charge in [-0.05, 0) is 55.1 Å². The zero-order valence-electron chi connectivity index (χ0n) is 18.3. The molecule has 2 fully saturated rings. The first-order valence-electron chi connectivity index (χ1n) is 11.6. The normalized spacial score (nSPS) is 21.3. The zero-order chi connectivity index (χ0) is 21.4. The molecule has 1 heterocycles. The lowest BCUT2D eigenvalue weighted by molar-refractivity contribution is -0.705. The Morgan fingerprint density at radius 1 is 1.00 bits per heavy atom. The summed E-state index contributed by atoms with van der Waals surface area (Å²) in [4.78, 5) is 13.3. The fourth-order valence-corrected chi connectivity index (χ4v) is 5.80. The lowest BCUT2D eigenvalue weighted by Gasteiger charge is -2.37. The van der Waals surface area contributed by atoms with Crippen LogP contribution in [0.25, 0.3) is 0 Å². The van der Waals surface area contributed by atoms with Crippen LogP contribution in [0.2, 0.25) is 0 Å².